The number of nitrogens with one attached hydrogen (secondary N) is 2. The zero-order valence-corrected chi connectivity index (χ0v) is 22.7. The second-order valence-corrected chi connectivity index (χ2v) is 11.6. The maximum Gasteiger partial charge on any atom is 0.262 e. The summed E-state index contributed by atoms with van der Waals surface area (Å²) < 4.78 is 39.3. The van der Waals surface area contributed by atoms with Crippen molar-refractivity contribution in [3.8, 4) is 17.0 Å². The summed E-state index contributed by atoms with van der Waals surface area (Å²) in [6.07, 6.45) is 0. The number of hydrogen-bond donors (Lipinski definition) is 2. The van der Waals surface area contributed by atoms with Gasteiger partial charge in [-0.05, 0) is 37.3 Å². The van der Waals surface area contributed by atoms with Crippen LogP contribution in [0.4, 0.5) is 10.8 Å². The van der Waals surface area contributed by atoms with Crippen LogP contribution < -0.4 is 14.8 Å². The third-order valence-corrected chi connectivity index (χ3v) is 8.37. The zero-order chi connectivity index (χ0) is 26.7. The molecule has 9 nitrogen and oxygen atoms in total. The second kappa shape index (κ2) is 10.9. The van der Waals surface area contributed by atoms with Gasteiger partial charge in [0, 0.05) is 10.9 Å². The fourth-order valence-corrected chi connectivity index (χ4v) is 5.98. The van der Waals surface area contributed by atoms with Gasteiger partial charge in [0.25, 0.3) is 15.2 Å². The molecule has 0 aliphatic carbocycles. The largest absolute Gasteiger partial charge is 0.495 e. The van der Waals surface area contributed by atoms with Gasteiger partial charge in [-0.25, -0.2) is 18.4 Å². The predicted molar refractivity (Wildman–Crippen MR) is 149 cm³/mol. The Kier molecular flexibility index (Phi) is 7.36. The first-order valence-corrected chi connectivity index (χ1v) is 14.7. The van der Waals surface area contributed by atoms with E-state index in [9.17, 15) is 13.2 Å². The van der Waals surface area contributed by atoms with Crippen molar-refractivity contribution in [3.05, 3.63) is 77.7 Å². The SMILES string of the molecule is COc1ccccc1NS(=O)(=O)c1ccc2oc(SCC(=O)Nc3nc(-c4ccc(C)cc4)cs3)nc2c1. The Bertz CT molecular complexity index is 1710. The summed E-state index contributed by atoms with van der Waals surface area (Å²) in [5.74, 6) is 0.193. The number of aromatic nitrogens is 2. The molecule has 5 aromatic rings. The number of fused-ring (bicyclic) bond motifs is 1. The molecule has 1 amide bonds. The summed E-state index contributed by atoms with van der Waals surface area (Å²) >= 11 is 2.45. The Balaban J connectivity index is 1.23. The van der Waals surface area contributed by atoms with E-state index in [-0.39, 0.29) is 21.8 Å². The van der Waals surface area contributed by atoms with Crippen LogP contribution in [0, 0.1) is 6.92 Å². The number of carbonyl (C=O) groups is 1. The van der Waals surface area contributed by atoms with Crippen LogP contribution in [0.25, 0.3) is 22.4 Å². The lowest BCUT2D eigenvalue weighted by atomic mass is 10.1. The Labute approximate surface area is 227 Å². The molecule has 194 valence electrons. The maximum atomic E-state index is 12.9. The van der Waals surface area contributed by atoms with Crippen LogP contribution in [-0.2, 0) is 14.8 Å². The smallest absolute Gasteiger partial charge is 0.262 e. The van der Waals surface area contributed by atoms with E-state index in [4.69, 9.17) is 9.15 Å². The number of oxazole rings is 1. The summed E-state index contributed by atoms with van der Waals surface area (Å²) in [6.45, 7) is 2.02. The van der Waals surface area contributed by atoms with Gasteiger partial charge in [-0.15, -0.1) is 11.3 Å². The summed E-state index contributed by atoms with van der Waals surface area (Å²) in [4.78, 5) is 21.3. The number of thioether (sulfide) groups is 1. The van der Waals surface area contributed by atoms with Gasteiger partial charge in [-0.1, -0.05) is 53.7 Å². The number of ether oxygens (including phenoxy) is 1. The van der Waals surface area contributed by atoms with E-state index in [1.807, 2.05) is 36.6 Å². The van der Waals surface area contributed by atoms with Crippen molar-refractivity contribution in [1.29, 1.82) is 0 Å². The molecule has 0 unspecified atom stereocenters. The lowest BCUT2D eigenvalue weighted by Crippen LogP contribution is -2.13. The minimum atomic E-state index is -3.90. The molecule has 0 atom stereocenters. The van der Waals surface area contributed by atoms with Crippen LogP contribution in [0.2, 0.25) is 0 Å². The first-order chi connectivity index (χ1) is 18.3. The molecule has 0 saturated heterocycles. The molecule has 0 aliphatic rings. The Morgan fingerprint density at radius 3 is 2.66 bits per heavy atom. The van der Waals surface area contributed by atoms with Crippen molar-refractivity contribution >= 4 is 60.9 Å². The van der Waals surface area contributed by atoms with Gasteiger partial charge in [0.15, 0.2) is 10.7 Å². The van der Waals surface area contributed by atoms with Gasteiger partial charge in [-0.3, -0.25) is 9.52 Å². The van der Waals surface area contributed by atoms with Gasteiger partial charge in [-0.2, -0.15) is 0 Å². The highest BCUT2D eigenvalue weighted by Gasteiger charge is 2.19. The molecule has 0 spiro atoms. The average molecular weight is 567 g/mol. The number of carbonyl (C=O) groups excluding carboxylic acids is 1. The van der Waals surface area contributed by atoms with Gasteiger partial charge < -0.3 is 14.5 Å². The summed E-state index contributed by atoms with van der Waals surface area (Å²) in [5, 5.41) is 5.43. The first-order valence-electron chi connectivity index (χ1n) is 11.3. The predicted octanol–water partition coefficient (Wildman–Crippen LogP) is 5.80. The molecule has 0 fully saturated rings. The Morgan fingerprint density at radius 2 is 1.87 bits per heavy atom. The monoisotopic (exact) mass is 566 g/mol. The first kappa shape index (κ1) is 25.8. The van der Waals surface area contributed by atoms with E-state index < -0.39 is 10.0 Å². The van der Waals surface area contributed by atoms with E-state index in [2.05, 4.69) is 20.0 Å². The van der Waals surface area contributed by atoms with E-state index in [0.29, 0.717) is 27.7 Å². The number of benzene rings is 3. The Morgan fingerprint density at radius 1 is 1.08 bits per heavy atom. The zero-order valence-electron chi connectivity index (χ0n) is 20.3. The van der Waals surface area contributed by atoms with E-state index in [0.717, 1.165) is 28.6 Å². The van der Waals surface area contributed by atoms with Crippen LogP contribution in [0.15, 0.2) is 86.6 Å². The van der Waals surface area contributed by atoms with Crippen LogP contribution >= 0.6 is 23.1 Å². The van der Waals surface area contributed by atoms with Crippen molar-refractivity contribution in [1.82, 2.24) is 9.97 Å². The molecule has 0 aliphatic heterocycles. The molecule has 5 rings (SSSR count). The Hall–Kier alpha value is -3.87. The number of nitrogens with zero attached hydrogens (tertiary/aromatic N) is 2. The molecule has 2 aromatic heterocycles. The van der Waals surface area contributed by atoms with Gasteiger partial charge in [0.1, 0.15) is 11.3 Å². The van der Waals surface area contributed by atoms with Crippen LogP contribution in [0.5, 0.6) is 5.75 Å². The van der Waals surface area contributed by atoms with Crippen molar-refractivity contribution in [2.75, 3.05) is 22.9 Å². The molecule has 12 heteroatoms. The van der Waals surface area contributed by atoms with Crippen molar-refractivity contribution < 1.29 is 22.4 Å². The van der Waals surface area contributed by atoms with E-state index in [1.165, 1.54) is 36.6 Å². The average Bonchev–Trinajstić information content (AvgIpc) is 3.54. The fourth-order valence-electron chi connectivity index (χ4n) is 3.52. The summed E-state index contributed by atoms with van der Waals surface area (Å²) in [6, 6.07) is 19.1. The highest BCUT2D eigenvalue weighted by atomic mass is 32.2. The lowest BCUT2D eigenvalue weighted by Gasteiger charge is -2.11. The number of anilines is 2. The molecule has 2 heterocycles. The summed E-state index contributed by atoms with van der Waals surface area (Å²) in [7, 11) is -2.43. The van der Waals surface area contributed by atoms with Crippen molar-refractivity contribution in [2.45, 2.75) is 17.0 Å². The third-order valence-electron chi connectivity index (χ3n) is 5.43. The molecule has 38 heavy (non-hydrogen) atoms. The van der Waals surface area contributed by atoms with Gasteiger partial charge >= 0.3 is 0 Å². The molecule has 2 N–H and O–H groups in total. The second-order valence-electron chi connectivity index (χ2n) is 8.16. The lowest BCUT2D eigenvalue weighted by molar-refractivity contribution is -0.113. The molecule has 0 radical (unpaired) electrons. The number of hydrogen-bond acceptors (Lipinski definition) is 9. The molecule has 3 aromatic carbocycles. The number of sulfonamides is 1. The number of amides is 1. The number of para-hydroxylation sites is 2. The maximum absolute atomic E-state index is 12.9. The molecular weight excluding hydrogens is 545 g/mol. The van der Waals surface area contributed by atoms with Crippen LogP contribution in [0.3, 0.4) is 0 Å². The highest BCUT2D eigenvalue weighted by Crippen LogP contribution is 2.30. The van der Waals surface area contributed by atoms with Crippen molar-refractivity contribution in [2.24, 2.45) is 0 Å². The van der Waals surface area contributed by atoms with Crippen molar-refractivity contribution in [3.63, 3.8) is 0 Å². The number of rotatable bonds is 9. The highest BCUT2D eigenvalue weighted by molar-refractivity contribution is 7.99. The minimum Gasteiger partial charge on any atom is -0.495 e. The minimum absolute atomic E-state index is 0.0200. The quantitative estimate of drug-likeness (QED) is 0.215. The topological polar surface area (TPSA) is 123 Å². The number of thiazole rings is 1. The number of aryl methyl sites for hydroxylation is 1. The third kappa shape index (κ3) is 5.82. The van der Waals surface area contributed by atoms with Gasteiger partial charge in [0.2, 0.25) is 5.91 Å². The standard InChI is InChI=1S/C26H22N4O5S3/c1-16-7-9-17(10-8-16)21-14-36-25(27-21)29-24(31)15-37-26-28-20-13-18(11-12-23(20)35-26)38(32,33)30-19-5-3-4-6-22(19)34-2/h3-14,30H,15H2,1-2H3,(H,27,29,31). The van der Waals surface area contributed by atoms with E-state index >= 15 is 0 Å². The normalized spacial score (nSPS) is 11.4. The van der Waals surface area contributed by atoms with Gasteiger partial charge in [0.05, 0.1) is 29.1 Å². The molecule has 0 bridgehead atoms. The fraction of sp³-hybridized carbons (Fsp3) is 0.115. The molecule has 0 saturated carbocycles. The molecular formula is C26H22N4O5S3. The summed E-state index contributed by atoms with van der Waals surface area (Å²) in [5.41, 5.74) is 4.03. The van der Waals surface area contributed by atoms with Crippen LogP contribution in [0.1, 0.15) is 5.56 Å². The number of methoxy groups -OCH3 is 1. The van der Waals surface area contributed by atoms with Crippen LogP contribution in [-0.4, -0.2) is 37.2 Å². The van der Waals surface area contributed by atoms with E-state index in [1.54, 1.807) is 24.3 Å².